The monoisotopic (exact) mass is 377 g/mol. The second kappa shape index (κ2) is 8.01. The molecule has 1 amide bonds. The Bertz CT molecular complexity index is 654. The third-order valence-electron chi connectivity index (χ3n) is 5.52. The minimum atomic E-state index is -0.865. The molecule has 1 aromatic rings. The summed E-state index contributed by atoms with van der Waals surface area (Å²) < 4.78 is 4.96. The van der Waals surface area contributed by atoms with Gasteiger partial charge in [-0.15, -0.1) is 11.8 Å². The molecule has 142 valence electrons. The molecule has 2 fully saturated rings. The maximum Gasteiger partial charge on any atom is 0.305 e. The molecule has 0 spiro atoms. The molecule has 1 aromatic carbocycles. The molecule has 2 unspecified atom stereocenters. The first-order chi connectivity index (χ1) is 12.4. The first kappa shape index (κ1) is 19.2. The molecule has 2 atom stereocenters. The zero-order chi connectivity index (χ0) is 18.7. The lowest BCUT2D eigenvalue weighted by atomic mass is 10.0. The van der Waals surface area contributed by atoms with Crippen molar-refractivity contribution >= 4 is 23.6 Å². The number of amides is 1. The minimum absolute atomic E-state index is 0.0170. The number of hydrogen-bond acceptors (Lipinski definition) is 4. The van der Waals surface area contributed by atoms with Crippen LogP contribution in [0.1, 0.15) is 44.1 Å². The molecule has 1 aliphatic carbocycles. The predicted molar refractivity (Wildman–Crippen MR) is 101 cm³/mol. The molecule has 1 N–H and O–H groups in total. The molecular formula is C20H27NO4S. The van der Waals surface area contributed by atoms with E-state index in [2.05, 4.69) is 31.2 Å². The zero-order valence-corrected chi connectivity index (χ0v) is 16.3. The van der Waals surface area contributed by atoms with Crippen LogP contribution in [0.4, 0.5) is 0 Å². The fourth-order valence-corrected chi connectivity index (χ4v) is 5.51. The van der Waals surface area contributed by atoms with Crippen molar-refractivity contribution in [2.75, 3.05) is 13.7 Å². The molecule has 26 heavy (non-hydrogen) atoms. The summed E-state index contributed by atoms with van der Waals surface area (Å²) in [6.45, 7) is 2.54. The summed E-state index contributed by atoms with van der Waals surface area (Å²) in [5.74, 6) is -0.775. The van der Waals surface area contributed by atoms with Crippen LogP contribution < -0.4 is 0 Å². The van der Waals surface area contributed by atoms with Crippen LogP contribution in [-0.2, 0) is 14.3 Å². The van der Waals surface area contributed by atoms with Gasteiger partial charge in [-0.25, -0.2) is 0 Å². The van der Waals surface area contributed by atoms with Crippen LogP contribution in [0.3, 0.4) is 0 Å². The van der Waals surface area contributed by atoms with Crippen LogP contribution in [0, 0.1) is 6.92 Å². The number of nitrogens with zero attached hydrogens (tertiary/aromatic N) is 1. The molecule has 0 bridgehead atoms. The van der Waals surface area contributed by atoms with Crippen molar-refractivity contribution in [1.29, 1.82) is 0 Å². The first-order valence-corrected chi connectivity index (χ1v) is 10.1. The smallest absolute Gasteiger partial charge is 0.305 e. The number of hydrogen-bond donors (Lipinski definition) is 1. The fourth-order valence-electron chi connectivity index (χ4n) is 4.09. The van der Waals surface area contributed by atoms with Crippen molar-refractivity contribution in [2.45, 2.75) is 67.2 Å². The number of aliphatic carboxylic acids is 1. The van der Waals surface area contributed by atoms with Crippen molar-refractivity contribution in [3.8, 4) is 0 Å². The number of carboxylic acids is 1. The van der Waals surface area contributed by atoms with Gasteiger partial charge in [0.1, 0.15) is 0 Å². The average molecular weight is 378 g/mol. The molecule has 1 aliphatic heterocycles. The van der Waals surface area contributed by atoms with Gasteiger partial charge in [0.05, 0.1) is 17.3 Å². The van der Waals surface area contributed by atoms with Crippen molar-refractivity contribution in [2.24, 2.45) is 0 Å². The number of rotatable bonds is 6. The van der Waals surface area contributed by atoms with Gasteiger partial charge in [0, 0.05) is 24.6 Å². The molecular weight excluding hydrogens is 350 g/mol. The van der Waals surface area contributed by atoms with Gasteiger partial charge >= 0.3 is 5.97 Å². The van der Waals surface area contributed by atoms with Gasteiger partial charge in [0.2, 0.25) is 5.91 Å². The van der Waals surface area contributed by atoms with Crippen molar-refractivity contribution in [3.05, 3.63) is 29.8 Å². The lowest BCUT2D eigenvalue weighted by Crippen LogP contribution is -2.48. The van der Waals surface area contributed by atoms with E-state index >= 15 is 0 Å². The number of ether oxygens (including phenoxy) is 1. The summed E-state index contributed by atoms with van der Waals surface area (Å²) in [5, 5.41) is 9.24. The van der Waals surface area contributed by atoms with Crippen LogP contribution in [0.2, 0.25) is 0 Å². The SMILES string of the molecule is COC1CC(CC(=O)O)N(C(=O)C2(Sc3ccc(C)cc3)CCCC2)C1. The lowest BCUT2D eigenvalue weighted by Gasteiger charge is -2.34. The van der Waals surface area contributed by atoms with E-state index in [1.807, 2.05) is 0 Å². The van der Waals surface area contributed by atoms with Gasteiger partial charge in [-0.1, -0.05) is 30.5 Å². The highest BCUT2D eigenvalue weighted by Crippen LogP contribution is 2.47. The molecule has 1 saturated heterocycles. The third-order valence-corrected chi connectivity index (χ3v) is 7.00. The number of likely N-dealkylation sites (tertiary alicyclic amines) is 1. The maximum atomic E-state index is 13.6. The lowest BCUT2D eigenvalue weighted by molar-refractivity contribution is -0.140. The maximum absolute atomic E-state index is 13.6. The molecule has 3 rings (SSSR count). The largest absolute Gasteiger partial charge is 0.481 e. The normalized spacial score (nSPS) is 24.8. The number of methoxy groups -OCH3 is 1. The van der Waals surface area contributed by atoms with Gasteiger partial charge in [-0.05, 0) is 38.3 Å². The Morgan fingerprint density at radius 3 is 2.50 bits per heavy atom. The number of carbonyl (C=O) groups excluding carboxylic acids is 1. The van der Waals surface area contributed by atoms with Crippen molar-refractivity contribution in [3.63, 3.8) is 0 Å². The predicted octanol–water partition coefficient (Wildman–Crippen LogP) is 3.49. The zero-order valence-electron chi connectivity index (χ0n) is 15.4. The van der Waals surface area contributed by atoms with Crippen molar-refractivity contribution in [1.82, 2.24) is 4.90 Å². The molecule has 1 saturated carbocycles. The highest BCUT2D eigenvalue weighted by Gasteiger charge is 2.48. The Labute approximate surface area is 159 Å². The third kappa shape index (κ3) is 4.07. The first-order valence-electron chi connectivity index (χ1n) is 9.25. The number of aryl methyl sites for hydroxylation is 1. The molecule has 0 radical (unpaired) electrons. The highest BCUT2D eigenvalue weighted by atomic mass is 32.2. The Morgan fingerprint density at radius 1 is 1.27 bits per heavy atom. The van der Waals surface area contributed by atoms with Gasteiger partial charge < -0.3 is 14.7 Å². The van der Waals surface area contributed by atoms with E-state index in [0.717, 1.165) is 30.6 Å². The molecule has 1 heterocycles. The number of carboxylic acid groups (broad SMARTS) is 1. The summed E-state index contributed by atoms with van der Waals surface area (Å²) in [4.78, 5) is 27.7. The van der Waals surface area contributed by atoms with E-state index in [0.29, 0.717) is 13.0 Å². The van der Waals surface area contributed by atoms with Gasteiger partial charge in [-0.3, -0.25) is 9.59 Å². The van der Waals surface area contributed by atoms with Crippen LogP contribution >= 0.6 is 11.8 Å². The molecule has 2 aliphatic rings. The standard InChI is InChI=1S/C20H27NO4S/c1-14-5-7-17(8-6-14)26-20(9-3-4-10-20)19(24)21-13-16(25-2)11-15(21)12-18(22)23/h5-8,15-16H,3-4,9-13H2,1-2H3,(H,22,23). The summed E-state index contributed by atoms with van der Waals surface area (Å²) in [7, 11) is 1.63. The molecule has 6 heteroatoms. The van der Waals surface area contributed by atoms with Gasteiger partial charge in [0.25, 0.3) is 0 Å². The summed E-state index contributed by atoms with van der Waals surface area (Å²) in [5.41, 5.74) is 1.20. The van der Waals surface area contributed by atoms with E-state index < -0.39 is 10.7 Å². The second-order valence-corrected chi connectivity index (χ2v) is 8.88. The Hall–Kier alpha value is -1.53. The fraction of sp³-hybridized carbons (Fsp3) is 0.600. The Balaban J connectivity index is 1.83. The van der Waals surface area contributed by atoms with E-state index in [-0.39, 0.29) is 24.5 Å². The number of carbonyl (C=O) groups is 2. The average Bonchev–Trinajstić information content (AvgIpc) is 3.23. The second-order valence-electron chi connectivity index (χ2n) is 7.42. The Kier molecular flexibility index (Phi) is 5.92. The van der Waals surface area contributed by atoms with E-state index in [9.17, 15) is 14.7 Å². The van der Waals surface area contributed by atoms with Gasteiger partial charge in [-0.2, -0.15) is 0 Å². The van der Waals surface area contributed by atoms with Crippen LogP contribution in [0.25, 0.3) is 0 Å². The van der Waals surface area contributed by atoms with Crippen LogP contribution in [-0.4, -0.2) is 52.4 Å². The van der Waals surface area contributed by atoms with Crippen molar-refractivity contribution < 1.29 is 19.4 Å². The summed E-state index contributed by atoms with van der Waals surface area (Å²) in [6.07, 6.45) is 4.27. The highest BCUT2D eigenvalue weighted by molar-refractivity contribution is 8.01. The Morgan fingerprint density at radius 2 is 1.92 bits per heavy atom. The quantitative estimate of drug-likeness (QED) is 0.822. The van der Waals surface area contributed by atoms with Gasteiger partial charge in [0.15, 0.2) is 0 Å². The topological polar surface area (TPSA) is 66.8 Å². The molecule has 5 nitrogen and oxygen atoms in total. The summed E-state index contributed by atoms with van der Waals surface area (Å²) in [6, 6.07) is 8.01. The number of benzene rings is 1. The van der Waals surface area contributed by atoms with E-state index in [1.54, 1.807) is 23.8 Å². The van der Waals surface area contributed by atoms with E-state index in [1.165, 1.54) is 5.56 Å². The van der Waals surface area contributed by atoms with Crippen LogP contribution in [0.5, 0.6) is 0 Å². The number of thioether (sulfide) groups is 1. The van der Waals surface area contributed by atoms with Crippen LogP contribution in [0.15, 0.2) is 29.2 Å². The molecule has 0 aromatic heterocycles. The van der Waals surface area contributed by atoms with E-state index in [4.69, 9.17) is 4.74 Å². The summed E-state index contributed by atoms with van der Waals surface area (Å²) >= 11 is 1.65. The minimum Gasteiger partial charge on any atom is -0.481 e.